The quantitative estimate of drug-likeness (QED) is 0.825. The van der Waals surface area contributed by atoms with Crippen molar-refractivity contribution in [1.82, 2.24) is 15.3 Å². The van der Waals surface area contributed by atoms with Gasteiger partial charge in [-0.3, -0.25) is 0 Å². The van der Waals surface area contributed by atoms with Gasteiger partial charge in [0.25, 0.3) is 0 Å². The summed E-state index contributed by atoms with van der Waals surface area (Å²) in [7, 11) is 2.02. The van der Waals surface area contributed by atoms with Crippen LogP contribution in [-0.2, 0) is 0 Å². The lowest BCUT2D eigenvalue weighted by atomic mass is 10.2. The molecule has 1 fully saturated rings. The maximum atomic E-state index is 4.36. The van der Waals surface area contributed by atoms with Crippen molar-refractivity contribution in [3.8, 4) is 0 Å². The molecule has 0 spiro atoms. The maximum absolute atomic E-state index is 4.36. The van der Waals surface area contributed by atoms with Gasteiger partial charge in [-0.15, -0.1) is 0 Å². The molecule has 0 bridgehead atoms. The molecule has 0 saturated carbocycles. The van der Waals surface area contributed by atoms with E-state index in [0.717, 1.165) is 31.3 Å². The van der Waals surface area contributed by atoms with Crippen molar-refractivity contribution in [2.75, 3.05) is 36.9 Å². The first-order valence-electron chi connectivity index (χ1n) is 6.67. The number of anilines is 2. The first-order chi connectivity index (χ1) is 8.69. The Morgan fingerprint density at radius 1 is 1.44 bits per heavy atom. The summed E-state index contributed by atoms with van der Waals surface area (Å²) in [4.78, 5) is 10.9. The van der Waals surface area contributed by atoms with Crippen LogP contribution < -0.4 is 15.5 Å². The van der Waals surface area contributed by atoms with Crippen molar-refractivity contribution in [3.05, 3.63) is 12.4 Å². The molecule has 1 atom stereocenters. The number of aromatic nitrogens is 2. The van der Waals surface area contributed by atoms with Gasteiger partial charge in [0, 0.05) is 31.7 Å². The number of hydrogen-bond acceptors (Lipinski definition) is 5. The van der Waals surface area contributed by atoms with Gasteiger partial charge in [-0.1, -0.05) is 13.8 Å². The molecule has 0 aliphatic carbocycles. The molecule has 2 rings (SSSR count). The third-order valence-electron chi connectivity index (χ3n) is 3.26. The maximum Gasteiger partial charge on any atom is 0.134 e. The summed E-state index contributed by atoms with van der Waals surface area (Å²) in [6.07, 6.45) is 2.82. The van der Waals surface area contributed by atoms with Crippen molar-refractivity contribution in [2.24, 2.45) is 5.92 Å². The van der Waals surface area contributed by atoms with Gasteiger partial charge < -0.3 is 15.5 Å². The highest BCUT2D eigenvalue weighted by atomic mass is 15.2. The van der Waals surface area contributed by atoms with Crippen LogP contribution in [0.5, 0.6) is 0 Å². The van der Waals surface area contributed by atoms with Gasteiger partial charge in [0.05, 0.1) is 0 Å². The van der Waals surface area contributed by atoms with E-state index in [4.69, 9.17) is 0 Å². The number of hydrogen-bond donors (Lipinski definition) is 2. The Labute approximate surface area is 109 Å². The van der Waals surface area contributed by atoms with E-state index in [2.05, 4.69) is 39.3 Å². The summed E-state index contributed by atoms with van der Waals surface area (Å²) >= 11 is 0. The Morgan fingerprint density at radius 2 is 2.28 bits per heavy atom. The lowest BCUT2D eigenvalue weighted by Crippen LogP contribution is -2.29. The topological polar surface area (TPSA) is 53.1 Å². The molecule has 1 saturated heterocycles. The standard InChI is InChI=1S/C13H23N5/c1-10(2)7-15-12-6-13(17-9-16-12)18-5-4-11(8-18)14-3/h6,9-11,14H,4-5,7-8H2,1-3H3,(H,15,16,17). The predicted molar refractivity (Wildman–Crippen MR) is 75.0 cm³/mol. The van der Waals surface area contributed by atoms with E-state index < -0.39 is 0 Å². The predicted octanol–water partition coefficient (Wildman–Crippen LogP) is 1.34. The highest BCUT2D eigenvalue weighted by molar-refractivity contribution is 5.49. The van der Waals surface area contributed by atoms with Gasteiger partial charge in [-0.25, -0.2) is 9.97 Å². The minimum Gasteiger partial charge on any atom is -0.370 e. The summed E-state index contributed by atoms with van der Waals surface area (Å²) < 4.78 is 0. The van der Waals surface area contributed by atoms with Crippen molar-refractivity contribution < 1.29 is 0 Å². The molecule has 1 aliphatic rings. The van der Waals surface area contributed by atoms with Crippen LogP contribution in [0.25, 0.3) is 0 Å². The summed E-state index contributed by atoms with van der Waals surface area (Å²) in [5.41, 5.74) is 0. The van der Waals surface area contributed by atoms with Crippen LogP contribution in [-0.4, -0.2) is 42.7 Å². The van der Waals surface area contributed by atoms with Gasteiger partial charge in [0.1, 0.15) is 18.0 Å². The Morgan fingerprint density at radius 3 is 2.94 bits per heavy atom. The Kier molecular flexibility index (Phi) is 4.36. The van der Waals surface area contributed by atoms with Crippen molar-refractivity contribution >= 4 is 11.6 Å². The first kappa shape index (κ1) is 13.1. The van der Waals surface area contributed by atoms with Crippen LogP contribution >= 0.6 is 0 Å². The van der Waals surface area contributed by atoms with E-state index in [1.165, 1.54) is 6.42 Å². The van der Waals surface area contributed by atoms with E-state index in [1.54, 1.807) is 6.33 Å². The lowest BCUT2D eigenvalue weighted by Gasteiger charge is -2.18. The molecule has 1 unspecified atom stereocenters. The number of rotatable bonds is 5. The summed E-state index contributed by atoms with van der Waals surface area (Å²) in [6.45, 7) is 7.40. The minimum atomic E-state index is 0.576. The summed E-state index contributed by atoms with van der Waals surface area (Å²) in [5.74, 6) is 2.56. The molecule has 18 heavy (non-hydrogen) atoms. The second-order valence-electron chi connectivity index (χ2n) is 5.26. The molecule has 5 nitrogen and oxygen atoms in total. The molecular weight excluding hydrogens is 226 g/mol. The zero-order valence-corrected chi connectivity index (χ0v) is 11.5. The van der Waals surface area contributed by atoms with Gasteiger partial charge >= 0.3 is 0 Å². The smallest absolute Gasteiger partial charge is 0.134 e. The second kappa shape index (κ2) is 6.00. The Bertz CT molecular complexity index is 379. The fourth-order valence-corrected chi connectivity index (χ4v) is 2.13. The van der Waals surface area contributed by atoms with Crippen LogP contribution in [0.3, 0.4) is 0 Å². The van der Waals surface area contributed by atoms with Gasteiger partial charge in [-0.05, 0) is 19.4 Å². The number of nitrogens with one attached hydrogen (secondary N) is 2. The van der Waals surface area contributed by atoms with Crippen LogP contribution in [0.1, 0.15) is 20.3 Å². The summed E-state index contributed by atoms with van der Waals surface area (Å²) in [6, 6.07) is 2.62. The first-order valence-corrected chi connectivity index (χ1v) is 6.67. The highest BCUT2D eigenvalue weighted by Gasteiger charge is 2.22. The van der Waals surface area contributed by atoms with Gasteiger partial charge in [0.2, 0.25) is 0 Å². The molecule has 1 aliphatic heterocycles. The third kappa shape index (κ3) is 3.32. The molecular formula is C13H23N5. The molecule has 0 amide bonds. The van der Waals surface area contributed by atoms with Crippen LogP contribution in [0.4, 0.5) is 11.6 Å². The van der Waals surface area contributed by atoms with E-state index >= 15 is 0 Å². The molecule has 1 aromatic rings. The van der Waals surface area contributed by atoms with Crippen molar-refractivity contribution in [2.45, 2.75) is 26.3 Å². The number of likely N-dealkylation sites (N-methyl/N-ethyl adjacent to an activating group) is 1. The SMILES string of the molecule is CNC1CCN(c2cc(NCC(C)C)ncn2)C1. The molecule has 0 radical (unpaired) electrons. The molecule has 5 heteroatoms. The molecule has 2 N–H and O–H groups in total. The second-order valence-corrected chi connectivity index (χ2v) is 5.26. The Balaban J connectivity index is 1.99. The van der Waals surface area contributed by atoms with Crippen molar-refractivity contribution in [3.63, 3.8) is 0 Å². The van der Waals surface area contributed by atoms with E-state index in [0.29, 0.717) is 12.0 Å². The molecule has 100 valence electrons. The van der Waals surface area contributed by atoms with Crippen LogP contribution in [0, 0.1) is 5.92 Å². The van der Waals surface area contributed by atoms with Gasteiger partial charge in [0.15, 0.2) is 0 Å². The summed E-state index contributed by atoms with van der Waals surface area (Å²) in [5, 5.41) is 6.66. The zero-order valence-electron chi connectivity index (χ0n) is 11.5. The highest BCUT2D eigenvalue weighted by Crippen LogP contribution is 2.19. The zero-order chi connectivity index (χ0) is 13.0. The third-order valence-corrected chi connectivity index (χ3v) is 3.26. The Hall–Kier alpha value is -1.36. The minimum absolute atomic E-state index is 0.576. The number of nitrogens with zero attached hydrogens (tertiary/aromatic N) is 3. The molecule has 2 heterocycles. The average molecular weight is 249 g/mol. The van der Waals surface area contributed by atoms with E-state index in [9.17, 15) is 0 Å². The monoisotopic (exact) mass is 249 g/mol. The fraction of sp³-hybridized carbons (Fsp3) is 0.692. The molecule has 0 aromatic carbocycles. The van der Waals surface area contributed by atoms with Crippen LogP contribution in [0.15, 0.2) is 12.4 Å². The van der Waals surface area contributed by atoms with Crippen molar-refractivity contribution in [1.29, 1.82) is 0 Å². The van der Waals surface area contributed by atoms with E-state index in [1.807, 2.05) is 13.1 Å². The van der Waals surface area contributed by atoms with Gasteiger partial charge in [-0.2, -0.15) is 0 Å². The van der Waals surface area contributed by atoms with E-state index in [-0.39, 0.29) is 0 Å². The van der Waals surface area contributed by atoms with Crippen LogP contribution in [0.2, 0.25) is 0 Å². The normalized spacial score (nSPS) is 19.6. The largest absolute Gasteiger partial charge is 0.370 e. The molecule has 1 aromatic heterocycles. The fourth-order valence-electron chi connectivity index (χ4n) is 2.13. The lowest BCUT2D eigenvalue weighted by molar-refractivity contribution is 0.616. The average Bonchev–Trinajstić information content (AvgIpc) is 2.85.